The Morgan fingerprint density at radius 2 is 1.65 bits per heavy atom. The number of hydrogen-bond donors (Lipinski definition) is 0. The van der Waals surface area contributed by atoms with Gasteiger partial charge in [-0.3, -0.25) is 0 Å². The van der Waals surface area contributed by atoms with Crippen molar-refractivity contribution in [3.8, 4) is 11.5 Å². The van der Waals surface area contributed by atoms with Gasteiger partial charge in [-0.05, 0) is 36.4 Å². The van der Waals surface area contributed by atoms with Crippen molar-refractivity contribution >= 4 is 5.97 Å². The molecular formula is C16H14O4. The van der Waals surface area contributed by atoms with E-state index in [2.05, 4.69) is 0 Å². The maximum Gasteiger partial charge on any atom is 0.343 e. The highest BCUT2D eigenvalue weighted by atomic mass is 16.8. The fourth-order valence-corrected chi connectivity index (χ4v) is 1.73. The van der Waals surface area contributed by atoms with Gasteiger partial charge in [-0.25, -0.2) is 4.79 Å². The Morgan fingerprint density at radius 1 is 1.05 bits per heavy atom. The molecule has 0 saturated carbocycles. The van der Waals surface area contributed by atoms with Gasteiger partial charge in [0, 0.05) is 6.92 Å². The molecule has 1 atom stereocenters. The second-order valence-corrected chi connectivity index (χ2v) is 4.75. The summed E-state index contributed by atoms with van der Waals surface area (Å²) in [6.45, 7) is 2.47. The summed E-state index contributed by atoms with van der Waals surface area (Å²) in [5.74, 6) is 0.289. The molecule has 1 aliphatic rings. The highest BCUT2D eigenvalue weighted by Gasteiger charge is 2.42. The molecule has 0 aliphatic carbocycles. The van der Waals surface area contributed by atoms with E-state index < -0.39 is 5.79 Å². The van der Waals surface area contributed by atoms with Crippen LogP contribution in [0.5, 0.6) is 11.5 Å². The summed E-state index contributed by atoms with van der Waals surface area (Å²) in [6, 6.07) is 15.8. The molecule has 1 heterocycles. The van der Waals surface area contributed by atoms with Gasteiger partial charge in [-0.1, -0.05) is 18.2 Å². The highest BCUT2D eigenvalue weighted by molar-refractivity contribution is 5.90. The van der Waals surface area contributed by atoms with Crippen LogP contribution in [0.2, 0.25) is 0 Å². The van der Waals surface area contributed by atoms with Gasteiger partial charge in [0.25, 0.3) is 0 Å². The van der Waals surface area contributed by atoms with E-state index in [1.165, 1.54) is 0 Å². The number of hydrogen-bond acceptors (Lipinski definition) is 4. The van der Waals surface area contributed by atoms with E-state index in [4.69, 9.17) is 14.2 Å². The van der Waals surface area contributed by atoms with Gasteiger partial charge in [0.15, 0.2) is 0 Å². The van der Waals surface area contributed by atoms with Crippen LogP contribution in [0.25, 0.3) is 0 Å². The predicted molar refractivity (Wildman–Crippen MR) is 72.8 cm³/mol. The molecule has 1 saturated heterocycles. The minimum atomic E-state index is -0.498. The standard InChI is InChI=1S/C16H14O4/c1-16(11-18-16)20-14-9-7-13(8-10-14)19-15(17)12-5-3-2-4-6-12/h2-10H,11H2,1H3. The van der Waals surface area contributed by atoms with Gasteiger partial charge in [0.2, 0.25) is 5.79 Å². The van der Waals surface area contributed by atoms with Crippen molar-refractivity contribution in [3.63, 3.8) is 0 Å². The molecule has 0 bridgehead atoms. The van der Waals surface area contributed by atoms with Crippen molar-refractivity contribution in [2.24, 2.45) is 0 Å². The van der Waals surface area contributed by atoms with E-state index in [1.54, 1.807) is 48.5 Å². The fraction of sp³-hybridized carbons (Fsp3) is 0.188. The summed E-state index contributed by atoms with van der Waals surface area (Å²) in [5, 5.41) is 0. The average molecular weight is 270 g/mol. The normalized spacial score (nSPS) is 20.2. The molecule has 4 heteroatoms. The van der Waals surface area contributed by atoms with Crippen molar-refractivity contribution in [2.45, 2.75) is 12.7 Å². The van der Waals surface area contributed by atoms with Crippen LogP contribution in [0.4, 0.5) is 0 Å². The lowest BCUT2D eigenvalue weighted by atomic mass is 10.2. The average Bonchev–Trinajstić information content (AvgIpc) is 3.19. The molecule has 0 radical (unpaired) electrons. The summed E-state index contributed by atoms with van der Waals surface area (Å²) in [6.07, 6.45) is 0. The number of rotatable bonds is 4. The first-order chi connectivity index (χ1) is 9.65. The summed E-state index contributed by atoms with van der Waals surface area (Å²) in [7, 11) is 0. The van der Waals surface area contributed by atoms with E-state index in [9.17, 15) is 4.79 Å². The number of benzene rings is 2. The van der Waals surface area contributed by atoms with Crippen LogP contribution < -0.4 is 9.47 Å². The molecule has 0 spiro atoms. The quantitative estimate of drug-likeness (QED) is 0.487. The van der Waals surface area contributed by atoms with E-state index >= 15 is 0 Å². The second kappa shape index (κ2) is 4.98. The summed E-state index contributed by atoms with van der Waals surface area (Å²) >= 11 is 0. The lowest BCUT2D eigenvalue weighted by Crippen LogP contribution is -2.14. The Morgan fingerprint density at radius 3 is 2.25 bits per heavy atom. The van der Waals surface area contributed by atoms with Crippen LogP contribution >= 0.6 is 0 Å². The summed E-state index contributed by atoms with van der Waals surface area (Å²) in [4.78, 5) is 11.9. The molecule has 1 fully saturated rings. The van der Waals surface area contributed by atoms with Crippen molar-refractivity contribution in [3.05, 3.63) is 60.2 Å². The first-order valence-electron chi connectivity index (χ1n) is 6.35. The third-order valence-electron chi connectivity index (χ3n) is 2.93. The van der Waals surface area contributed by atoms with Gasteiger partial charge in [0.1, 0.15) is 18.1 Å². The van der Waals surface area contributed by atoms with Crippen molar-refractivity contribution in [1.82, 2.24) is 0 Å². The fourth-order valence-electron chi connectivity index (χ4n) is 1.73. The molecule has 3 rings (SSSR count). The summed E-state index contributed by atoms with van der Waals surface area (Å²) < 4.78 is 16.0. The van der Waals surface area contributed by atoms with Crippen LogP contribution in [0, 0.1) is 0 Å². The molecule has 2 aromatic rings. The minimum absolute atomic E-state index is 0.378. The van der Waals surface area contributed by atoms with Crippen LogP contribution in [0.1, 0.15) is 17.3 Å². The van der Waals surface area contributed by atoms with Crippen LogP contribution in [-0.2, 0) is 4.74 Å². The van der Waals surface area contributed by atoms with Crippen molar-refractivity contribution in [2.75, 3.05) is 6.61 Å². The SMILES string of the molecule is CC1(Oc2ccc(OC(=O)c3ccccc3)cc2)CO1. The van der Waals surface area contributed by atoms with Crippen molar-refractivity contribution in [1.29, 1.82) is 0 Å². The minimum Gasteiger partial charge on any atom is -0.460 e. The molecule has 0 N–H and O–H groups in total. The first-order valence-corrected chi connectivity index (χ1v) is 6.35. The molecule has 0 amide bonds. The predicted octanol–water partition coefficient (Wildman–Crippen LogP) is 3.03. The number of epoxide rings is 1. The van der Waals surface area contributed by atoms with Gasteiger partial charge in [-0.2, -0.15) is 0 Å². The maximum atomic E-state index is 11.9. The zero-order valence-electron chi connectivity index (χ0n) is 11.0. The smallest absolute Gasteiger partial charge is 0.343 e. The molecule has 0 aromatic heterocycles. The van der Waals surface area contributed by atoms with E-state index in [0.29, 0.717) is 23.7 Å². The summed E-state index contributed by atoms with van der Waals surface area (Å²) in [5.41, 5.74) is 0.520. The third kappa shape index (κ3) is 2.97. The Hall–Kier alpha value is -2.33. The number of ether oxygens (including phenoxy) is 3. The van der Waals surface area contributed by atoms with E-state index in [1.807, 2.05) is 13.0 Å². The van der Waals surface area contributed by atoms with Gasteiger partial charge < -0.3 is 14.2 Å². The van der Waals surface area contributed by atoms with E-state index in [-0.39, 0.29) is 5.97 Å². The number of carbonyl (C=O) groups excluding carboxylic acids is 1. The largest absolute Gasteiger partial charge is 0.460 e. The first kappa shape index (κ1) is 12.7. The molecule has 4 nitrogen and oxygen atoms in total. The molecule has 1 unspecified atom stereocenters. The van der Waals surface area contributed by atoms with Crippen molar-refractivity contribution < 1.29 is 19.0 Å². The molecule has 102 valence electrons. The Kier molecular flexibility index (Phi) is 3.16. The molecule has 20 heavy (non-hydrogen) atoms. The topological polar surface area (TPSA) is 48.1 Å². The van der Waals surface area contributed by atoms with Gasteiger partial charge in [-0.15, -0.1) is 0 Å². The lowest BCUT2D eigenvalue weighted by Gasteiger charge is -2.10. The van der Waals surface area contributed by atoms with Gasteiger partial charge >= 0.3 is 5.97 Å². The Balaban J connectivity index is 1.64. The highest BCUT2D eigenvalue weighted by Crippen LogP contribution is 2.30. The molecular weight excluding hydrogens is 256 g/mol. The Labute approximate surface area is 116 Å². The van der Waals surface area contributed by atoms with Gasteiger partial charge in [0.05, 0.1) is 5.56 Å². The van der Waals surface area contributed by atoms with Crippen LogP contribution in [-0.4, -0.2) is 18.4 Å². The monoisotopic (exact) mass is 270 g/mol. The molecule has 2 aromatic carbocycles. The lowest BCUT2D eigenvalue weighted by molar-refractivity contribution is 0.0728. The van der Waals surface area contributed by atoms with Crippen LogP contribution in [0.15, 0.2) is 54.6 Å². The maximum absolute atomic E-state index is 11.9. The third-order valence-corrected chi connectivity index (χ3v) is 2.93. The second-order valence-electron chi connectivity index (χ2n) is 4.75. The number of esters is 1. The Bertz CT molecular complexity index is 600. The molecule has 1 aliphatic heterocycles. The zero-order chi connectivity index (χ0) is 14.0. The zero-order valence-corrected chi connectivity index (χ0v) is 11.0. The number of carbonyl (C=O) groups is 1. The van der Waals surface area contributed by atoms with E-state index in [0.717, 1.165) is 0 Å². The van der Waals surface area contributed by atoms with Crippen LogP contribution in [0.3, 0.4) is 0 Å².